The van der Waals surface area contributed by atoms with Crippen LogP contribution in [-0.2, 0) is 9.53 Å². The minimum atomic E-state index is -1.30. The van der Waals surface area contributed by atoms with Gasteiger partial charge in [0, 0.05) is 7.11 Å². The summed E-state index contributed by atoms with van der Waals surface area (Å²) in [6, 6.07) is -0.784. The molecule has 3 unspecified atom stereocenters. The van der Waals surface area contributed by atoms with Crippen LogP contribution >= 0.6 is 0 Å². The van der Waals surface area contributed by atoms with E-state index in [-0.39, 0.29) is 23.3 Å². The molecule has 3 atom stereocenters. The first-order valence-electron chi connectivity index (χ1n) is 5.55. The maximum absolute atomic E-state index is 11.3. The minimum absolute atomic E-state index is 0.106. The molecule has 1 aromatic heterocycles. The second kappa shape index (κ2) is 4.86. The zero-order valence-corrected chi connectivity index (χ0v) is 10.4. The summed E-state index contributed by atoms with van der Waals surface area (Å²) in [6.07, 6.45) is -2.01. The molecule has 0 amide bonds. The van der Waals surface area contributed by atoms with Gasteiger partial charge < -0.3 is 31.3 Å². The van der Waals surface area contributed by atoms with Gasteiger partial charge in [-0.3, -0.25) is 4.79 Å². The average Bonchev–Trinajstić information content (AvgIpc) is 2.36. The van der Waals surface area contributed by atoms with E-state index in [1.807, 2.05) is 0 Å². The lowest BCUT2D eigenvalue weighted by Crippen LogP contribution is -2.53. The van der Waals surface area contributed by atoms with Gasteiger partial charge in [0.25, 0.3) is 0 Å². The van der Waals surface area contributed by atoms with E-state index in [4.69, 9.17) is 10.5 Å². The van der Waals surface area contributed by atoms with E-state index in [1.54, 1.807) is 0 Å². The number of carbonyl (C=O) groups excluding carboxylic acids is 1. The molecule has 9 heteroatoms. The van der Waals surface area contributed by atoms with Crippen LogP contribution in [0.15, 0.2) is 0 Å². The van der Waals surface area contributed by atoms with Gasteiger partial charge in [-0.1, -0.05) is 0 Å². The molecule has 0 aromatic carbocycles. The number of aliphatic hydroxyl groups excluding tert-OH is 1. The van der Waals surface area contributed by atoms with Crippen molar-refractivity contribution in [3.05, 3.63) is 0 Å². The van der Waals surface area contributed by atoms with Gasteiger partial charge >= 0.3 is 0 Å². The Morgan fingerprint density at radius 1 is 1.47 bits per heavy atom. The molecule has 19 heavy (non-hydrogen) atoms. The highest BCUT2D eigenvalue weighted by Crippen LogP contribution is 2.35. The van der Waals surface area contributed by atoms with Crippen molar-refractivity contribution in [2.75, 3.05) is 23.5 Å². The standard InChI is InChI=1S/C10H15N5O4/c1-3(16)6(17)4-9(19-2)13-7-5(12-4)8(18)15-10(11)14-7/h4,6,9,12,17H,1-2H3,(H4,11,13,14,15,18). The molecule has 0 radical (unpaired) electrons. The molecule has 0 spiro atoms. The smallest absolute Gasteiger partial charge is 0.242 e. The number of methoxy groups -OCH3 is 1. The third-order valence-corrected chi connectivity index (χ3v) is 2.83. The molecule has 1 aromatic rings. The molecule has 0 fully saturated rings. The number of Topliss-reactive ketones (excluding diaryl/α,β-unsaturated/α-hetero) is 1. The number of rotatable bonds is 3. The van der Waals surface area contributed by atoms with Gasteiger partial charge in [0.15, 0.2) is 17.8 Å². The van der Waals surface area contributed by atoms with Crippen LogP contribution in [0.2, 0.25) is 0 Å². The van der Waals surface area contributed by atoms with Crippen molar-refractivity contribution in [3.8, 4) is 5.88 Å². The van der Waals surface area contributed by atoms with Gasteiger partial charge in [-0.2, -0.15) is 9.97 Å². The molecule has 2 heterocycles. The number of ether oxygens (including phenoxy) is 1. The van der Waals surface area contributed by atoms with Gasteiger partial charge in [0.05, 0.1) is 0 Å². The molecule has 1 aliphatic rings. The fraction of sp³-hybridized carbons (Fsp3) is 0.500. The quantitative estimate of drug-likeness (QED) is 0.461. The number of aliphatic hydroxyl groups is 1. The summed E-state index contributed by atoms with van der Waals surface area (Å²) in [5.41, 5.74) is 5.58. The Balaban J connectivity index is 2.38. The van der Waals surface area contributed by atoms with Crippen molar-refractivity contribution in [1.82, 2.24) is 9.97 Å². The summed E-state index contributed by atoms with van der Waals surface area (Å²) in [4.78, 5) is 18.8. The molecule has 2 rings (SSSR count). The third kappa shape index (κ3) is 2.37. The lowest BCUT2D eigenvalue weighted by molar-refractivity contribution is -0.127. The first-order chi connectivity index (χ1) is 8.93. The van der Waals surface area contributed by atoms with E-state index in [2.05, 4.69) is 20.6 Å². The zero-order valence-electron chi connectivity index (χ0n) is 10.4. The Kier molecular flexibility index (Phi) is 3.40. The van der Waals surface area contributed by atoms with Gasteiger partial charge in [-0.15, -0.1) is 0 Å². The summed E-state index contributed by atoms with van der Waals surface area (Å²) in [5, 5.41) is 25.1. The van der Waals surface area contributed by atoms with Crippen LogP contribution < -0.4 is 16.4 Å². The number of fused-ring (bicyclic) bond motifs is 1. The van der Waals surface area contributed by atoms with Crippen molar-refractivity contribution in [1.29, 1.82) is 0 Å². The maximum Gasteiger partial charge on any atom is 0.242 e. The topological polar surface area (TPSA) is 143 Å². The highest BCUT2D eigenvalue weighted by molar-refractivity contribution is 5.83. The normalized spacial score (nSPS) is 22.9. The van der Waals surface area contributed by atoms with Crippen molar-refractivity contribution in [2.45, 2.75) is 25.3 Å². The lowest BCUT2D eigenvalue weighted by Gasteiger charge is -2.36. The summed E-state index contributed by atoms with van der Waals surface area (Å²) >= 11 is 0. The largest absolute Gasteiger partial charge is 0.492 e. The van der Waals surface area contributed by atoms with E-state index in [0.717, 1.165) is 0 Å². The number of anilines is 3. The van der Waals surface area contributed by atoms with Crippen LogP contribution in [0.5, 0.6) is 5.88 Å². The molecule has 0 bridgehead atoms. The fourth-order valence-corrected chi connectivity index (χ4v) is 1.87. The number of hydrogen-bond acceptors (Lipinski definition) is 9. The molecule has 104 valence electrons. The first-order valence-corrected chi connectivity index (χ1v) is 5.55. The molecule has 0 saturated carbocycles. The number of nitrogen functional groups attached to an aromatic ring is 1. The highest BCUT2D eigenvalue weighted by Gasteiger charge is 2.37. The second-order valence-corrected chi connectivity index (χ2v) is 4.16. The Hall–Kier alpha value is -2.13. The Bertz CT molecular complexity index is 509. The molecular formula is C10H15N5O4. The monoisotopic (exact) mass is 269 g/mol. The van der Waals surface area contributed by atoms with E-state index in [0.29, 0.717) is 0 Å². The Labute approximate surface area is 108 Å². The molecule has 0 saturated heterocycles. The van der Waals surface area contributed by atoms with Gasteiger partial charge in [0.1, 0.15) is 17.8 Å². The molecule has 0 aliphatic carbocycles. The van der Waals surface area contributed by atoms with E-state index in [9.17, 15) is 15.0 Å². The maximum atomic E-state index is 11.3. The molecule has 6 N–H and O–H groups in total. The van der Waals surface area contributed by atoms with Crippen molar-refractivity contribution >= 4 is 23.2 Å². The average molecular weight is 269 g/mol. The van der Waals surface area contributed by atoms with E-state index in [1.165, 1.54) is 14.0 Å². The number of carbonyl (C=O) groups is 1. The number of hydrogen-bond donors (Lipinski definition) is 5. The SMILES string of the molecule is COC1Nc2nc(N)nc(O)c2NC1C(O)C(C)=O. The van der Waals surface area contributed by atoms with Crippen LogP contribution in [0, 0.1) is 0 Å². The number of nitrogens with two attached hydrogens (primary N) is 1. The highest BCUT2D eigenvalue weighted by atomic mass is 16.5. The molecular weight excluding hydrogens is 254 g/mol. The number of aromatic hydroxyl groups is 1. The third-order valence-electron chi connectivity index (χ3n) is 2.83. The van der Waals surface area contributed by atoms with Crippen LogP contribution in [0.25, 0.3) is 0 Å². The van der Waals surface area contributed by atoms with Crippen molar-refractivity contribution in [2.24, 2.45) is 0 Å². The molecule has 1 aliphatic heterocycles. The fourth-order valence-electron chi connectivity index (χ4n) is 1.87. The van der Waals surface area contributed by atoms with E-state index < -0.39 is 24.2 Å². The van der Waals surface area contributed by atoms with E-state index >= 15 is 0 Å². The van der Waals surface area contributed by atoms with Crippen molar-refractivity contribution in [3.63, 3.8) is 0 Å². The number of nitrogens with zero attached hydrogens (tertiary/aromatic N) is 2. The van der Waals surface area contributed by atoms with Crippen LogP contribution in [-0.4, -0.2) is 51.4 Å². The van der Waals surface area contributed by atoms with Crippen LogP contribution in [0.1, 0.15) is 6.92 Å². The second-order valence-electron chi connectivity index (χ2n) is 4.16. The van der Waals surface area contributed by atoms with Crippen LogP contribution in [0.4, 0.5) is 17.5 Å². The number of ketones is 1. The predicted molar refractivity (Wildman–Crippen MR) is 66.6 cm³/mol. The summed E-state index contributed by atoms with van der Waals surface area (Å²) in [5.74, 6) is -0.666. The number of nitrogens with one attached hydrogen (secondary N) is 2. The van der Waals surface area contributed by atoms with Crippen LogP contribution in [0.3, 0.4) is 0 Å². The van der Waals surface area contributed by atoms with Gasteiger partial charge in [-0.25, -0.2) is 0 Å². The molecule has 9 nitrogen and oxygen atoms in total. The van der Waals surface area contributed by atoms with Gasteiger partial charge in [-0.05, 0) is 6.92 Å². The lowest BCUT2D eigenvalue weighted by atomic mass is 10.0. The summed E-state index contributed by atoms with van der Waals surface area (Å²) in [6.45, 7) is 1.26. The summed E-state index contributed by atoms with van der Waals surface area (Å²) < 4.78 is 5.14. The van der Waals surface area contributed by atoms with Gasteiger partial charge in [0.2, 0.25) is 11.8 Å². The Morgan fingerprint density at radius 2 is 2.16 bits per heavy atom. The summed E-state index contributed by atoms with van der Waals surface area (Å²) in [7, 11) is 1.41. The Morgan fingerprint density at radius 3 is 2.74 bits per heavy atom. The predicted octanol–water partition coefficient (Wildman–Crippen LogP) is -1.11. The number of aromatic nitrogens is 2. The zero-order chi connectivity index (χ0) is 14.2. The first kappa shape index (κ1) is 13.3. The minimum Gasteiger partial charge on any atom is -0.492 e. The van der Waals surface area contributed by atoms with Crippen molar-refractivity contribution < 1.29 is 19.7 Å².